The molecule has 4 unspecified atom stereocenters. The van der Waals surface area contributed by atoms with Gasteiger partial charge in [0.15, 0.2) is 12.4 Å². The summed E-state index contributed by atoms with van der Waals surface area (Å²) >= 11 is 6.40. The molecular formula is C34H25ClN2O5. The van der Waals surface area contributed by atoms with Gasteiger partial charge in [-0.25, -0.2) is 9.78 Å². The molecule has 0 radical (unpaired) electrons. The maximum absolute atomic E-state index is 13.3. The number of aromatic nitrogens is 1. The van der Waals surface area contributed by atoms with Crippen LogP contribution in [0.1, 0.15) is 32.7 Å². The number of amides is 2. The molecule has 3 aliphatic rings. The number of carbonyl (C=O) groups excluding carboxylic acids is 4. The zero-order chi connectivity index (χ0) is 29.1. The number of Topliss-reactive ketones (excluding diaryl/α,β-unsaturated/α-hetero) is 1. The Morgan fingerprint density at radius 2 is 1.60 bits per heavy atom. The third kappa shape index (κ3) is 4.15. The maximum Gasteiger partial charge on any atom is 0.339 e. The molecule has 2 aliphatic carbocycles. The van der Waals surface area contributed by atoms with Gasteiger partial charge in [0.2, 0.25) is 11.8 Å². The number of imide groups is 1. The zero-order valence-corrected chi connectivity index (χ0v) is 23.4. The summed E-state index contributed by atoms with van der Waals surface area (Å²) in [4.78, 5) is 58.5. The maximum atomic E-state index is 13.3. The van der Waals surface area contributed by atoms with Crippen LogP contribution in [0.2, 0.25) is 5.02 Å². The molecule has 7 nitrogen and oxygen atoms in total. The predicted octanol–water partition coefficient (Wildman–Crippen LogP) is 6.21. The lowest BCUT2D eigenvalue weighted by atomic mass is 9.85. The largest absolute Gasteiger partial charge is 0.454 e. The molecule has 8 heteroatoms. The van der Waals surface area contributed by atoms with Crippen LogP contribution >= 0.6 is 11.6 Å². The van der Waals surface area contributed by atoms with Crippen molar-refractivity contribution in [3.05, 3.63) is 107 Å². The molecule has 1 saturated heterocycles. The molecule has 208 valence electrons. The van der Waals surface area contributed by atoms with E-state index in [-0.39, 0.29) is 46.8 Å². The molecule has 1 saturated carbocycles. The normalized spacial score (nSPS) is 22.2. The summed E-state index contributed by atoms with van der Waals surface area (Å²) in [6.45, 7) is 1.42. The number of rotatable bonds is 6. The molecule has 4 aromatic rings. The van der Waals surface area contributed by atoms with Gasteiger partial charge in [0.05, 0.1) is 34.3 Å². The minimum absolute atomic E-state index is 0.138. The number of allylic oxidation sites excluding steroid dienone is 2. The van der Waals surface area contributed by atoms with Crippen molar-refractivity contribution in [1.82, 2.24) is 4.98 Å². The molecule has 4 atom stereocenters. The highest BCUT2D eigenvalue weighted by molar-refractivity contribution is 6.32. The van der Waals surface area contributed by atoms with Gasteiger partial charge in [-0.3, -0.25) is 19.3 Å². The Hall–Kier alpha value is -4.62. The Morgan fingerprint density at radius 3 is 2.26 bits per heavy atom. The van der Waals surface area contributed by atoms with E-state index in [1.165, 1.54) is 4.90 Å². The van der Waals surface area contributed by atoms with Gasteiger partial charge in [-0.15, -0.1) is 0 Å². The lowest BCUT2D eigenvalue weighted by molar-refractivity contribution is -0.123. The SMILES string of the molecule is Cc1c(Cl)ccc2c(C(=O)OCC(=O)c3ccccc3)cc(-c3ccc(N4C(=O)C5C6C=CC(C6)C5C4=O)cc3)nc12. The van der Waals surface area contributed by atoms with Gasteiger partial charge in [-0.2, -0.15) is 0 Å². The van der Waals surface area contributed by atoms with Crippen LogP contribution in [0.3, 0.4) is 0 Å². The summed E-state index contributed by atoms with van der Waals surface area (Å²) in [7, 11) is 0. The van der Waals surface area contributed by atoms with Crippen molar-refractivity contribution in [1.29, 1.82) is 0 Å². The summed E-state index contributed by atoms with van der Waals surface area (Å²) < 4.78 is 5.45. The highest BCUT2D eigenvalue weighted by atomic mass is 35.5. The number of carbonyl (C=O) groups is 4. The number of fused-ring (bicyclic) bond motifs is 6. The monoisotopic (exact) mass is 576 g/mol. The molecule has 7 rings (SSSR count). The third-order valence-corrected chi connectivity index (χ3v) is 9.12. The number of aryl methyl sites for hydroxylation is 1. The fourth-order valence-corrected chi connectivity index (χ4v) is 6.73. The smallest absolute Gasteiger partial charge is 0.339 e. The summed E-state index contributed by atoms with van der Waals surface area (Å²) in [5, 5.41) is 1.05. The van der Waals surface area contributed by atoms with Gasteiger partial charge in [-0.05, 0) is 55.0 Å². The quantitative estimate of drug-likeness (QED) is 0.117. The van der Waals surface area contributed by atoms with E-state index in [9.17, 15) is 19.2 Å². The summed E-state index contributed by atoms with van der Waals surface area (Å²) in [6.07, 6.45) is 5.02. The number of pyridine rings is 1. The summed E-state index contributed by atoms with van der Waals surface area (Å²) in [5.41, 5.74) is 3.61. The van der Waals surface area contributed by atoms with E-state index in [2.05, 4.69) is 12.2 Å². The Labute approximate surface area is 246 Å². The Bertz CT molecular complexity index is 1800. The first-order valence-electron chi connectivity index (χ1n) is 13.8. The second-order valence-electron chi connectivity index (χ2n) is 11.0. The fraction of sp³-hybridized carbons (Fsp3) is 0.206. The van der Waals surface area contributed by atoms with Crippen molar-refractivity contribution in [2.24, 2.45) is 23.7 Å². The third-order valence-electron chi connectivity index (χ3n) is 8.71. The first kappa shape index (κ1) is 26.3. The number of hydrogen-bond acceptors (Lipinski definition) is 6. The van der Waals surface area contributed by atoms with Crippen molar-refractivity contribution < 1.29 is 23.9 Å². The van der Waals surface area contributed by atoms with E-state index >= 15 is 0 Å². The minimum atomic E-state index is -0.658. The van der Waals surface area contributed by atoms with Crippen molar-refractivity contribution >= 4 is 51.8 Å². The minimum Gasteiger partial charge on any atom is -0.454 e. The Morgan fingerprint density at radius 1 is 0.929 bits per heavy atom. The van der Waals surface area contributed by atoms with Crippen molar-refractivity contribution in [2.75, 3.05) is 11.5 Å². The zero-order valence-electron chi connectivity index (χ0n) is 22.6. The average Bonchev–Trinajstić information content (AvgIpc) is 3.71. The van der Waals surface area contributed by atoms with Crippen LogP contribution in [-0.2, 0) is 14.3 Å². The second kappa shape index (κ2) is 10.0. The molecule has 42 heavy (non-hydrogen) atoms. The molecular weight excluding hydrogens is 552 g/mol. The molecule has 0 spiro atoms. The van der Waals surface area contributed by atoms with E-state index in [4.69, 9.17) is 21.3 Å². The Kier molecular flexibility index (Phi) is 6.28. The van der Waals surface area contributed by atoms with Gasteiger partial charge in [0.25, 0.3) is 0 Å². The lowest BCUT2D eigenvalue weighted by Gasteiger charge is -2.18. The van der Waals surface area contributed by atoms with Gasteiger partial charge in [-0.1, -0.05) is 72.3 Å². The number of hydrogen-bond donors (Lipinski definition) is 0. The van der Waals surface area contributed by atoms with Crippen LogP contribution in [0, 0.1) is 30.6 Å². The average molecular weight is 577 g/mol. The number of halogens is 1. The molecule has 1 aliphatic heterocycles. The highest BCUT2D eigenvalue weighted by Crippen LogP contribution is 2.53. The summed E-state index contributed by atoms with van der Waals surface area (Å²) in [5.74, 6) is -1.52. The number of anilines is 1. The van der Waals surface area contributed by atoms with Crippen molar-refractivity contribution in [2.45, 2.75) is 13.3 Å². The molecule has 1 aromatic heterocycles. The van der Waals surface area contributed by atoms with Gasteiger partial charge < -0.3 is 4.74 Å². The number of esters is 1. The molecule has 2 amide bonds. The van der Waals surface area contributed by atoms with E-state index in [1.54, 1.807) is 72.8 Å². The van der Waals surface area contributed by atoms with E-state index in [1.807, 2.05) is 6.92 Å². The van der Waals surface area contributed by atoms with Crippen LogP contribution in [0.5, 0.6) is 0 Å². The molecule has 2 fully saturated rings. The number of benzene rings is 3. The van der Waals surface area contributed by atoms with Gasteiger partial charge >= 0.3 is 5.97 Å². The highest BCUT2D eigenvalue weighted by Gasteiger charge is 2.59. The first-order valence-corrected chi connectivity index (χ1v) is 14.2. The fourth-order valence-electron chi connectivity index (χ4n) is 6.58. The molecule has 0 N–H and O–H groups in total. The van der Waals surface area contributed by atoms with E-state index < -0.39 is 12.6 Å². The summed E-state index contributed by atoms with van der Waals surface area (Å²) in [6, 6.07) is 20.7. The molecule has 2 bridgehead atoms. The van der Waals surface area contributed by atoms with Gasteiger partial charge in [0, 0.05) is 21.5 Å². The van der Waals surface area contributed by atoms with E-state index in [0.717, 1.165) is 6.42 Å². The van der Waals surface area contributed by atoms with Crippen LogP contribution in [0.4, 0.5) is 5.69 Å². The number of ether oxygens (including phenoxy) is 1. The van der Waals surface area contributed by atoms with Crippen molar-refractivity contribution in [3.8, 4) is 11.3 Å². The first-order chi connectivity index (χ1) is 20.3. The van der Waals surface area contributed by atoms with E-state index in [0.29, 0.717) is 44.0 Å². The van der Waals surface area contributed by atoms with Gasteiger partial charge in [0.1, 0.15) is 0 Å². The lowest BCUT2D eigenvalue weighted by Crippen LogP contribution is -2.32. The number of nitrogens with zero attached hydrogens (tertiary/aromatic N) is 2. The van der Waals surface area contributed by atoms with Crippen LogP contribution in [-0.4, -0.2) is 35.2 Å². The standard InChI is InChI=1S/C34H25ClN2O5/c1-18-26(35)14-13-24-25(34(41)42-17-28(38)20-5-3-2-4-6-20)16-27(36-31(18)24)19-9-11-23(12-10-19)37-32(39)29-21-7-8-22(15-21)30(29)33(37)40/h2-14,16,21-22,29-30H,15,17H2,1H3. The van der Waals surface area contributed by atoms with Crippen LogP contribution in [0.15, 0.2) is 84.9 Å². The molecule has 3 aromatic carbocycles. The predicted molar refractivity (Wildman–Crippen MR) is 158 cm³/mol. The topological polar surface area (TPSA) is 93.6 Å². The Balaban J connectivity index is 1.20. The van der Waals surface area contributed by atoms with Crippen molar-refractivity contribution in [3.63, 3.8) is 0 Å². The number of ketones is 1. The van der Waals surface area contributed by atoms with Crippen LogP contribution in [0.25, 0.3) is 22.2 Å². The van der Waals surface area contributed by atoms with Crippen LogP contribution < -0.4 is 4.90 Å². The second-order valence-corrected chi connectivity index (χ2v) is 11.5. The molecule has 2 heterocycles.